The standard InChI is InChI=1S/C14H14N2O4/c1-16(2)11-5-3-10(4-6-11)15-13(17)12-7-9(8-20-12)14(18)19/h3-8H,1-2H3,(H,15,17)(H,18,19). The minimum Gasteiger partial charge on any atom is -0.478 e. The monoisotopic (exact) mass is 274 g/mol. The van der Waals surface area contributed by atoms with E-state index in [9.17, 15) is 9.59 Å². The molecule has 0 bridgehead atoms. The average Bonchev–Trinajstić information content (AvgIpc) is 2.89. The van der Waals surface area contributed by atoms with Crippen LogP contribution in [0.3, 0.4) is 0 Å². The van der Waals surface area contributed by atoms with E-state index < -0.39 is 11.9 Å². The Hall–Kier alpha value is -2.76. The lowest BCUT2D eigenvalue weighted by atomic mass is 10.2. The summed E-state index contributed by atoms with van der Waals surface area (Å²) in [5.41, 5.74) is 1.56. The van der Waals surface area contributed by atoms with Crippen molar-refractivity contribution in [3.63, 3.8) is 0 Å². The zero-order chi connectivity index (χ0) is 14.7. The molecule has 0 aliphatic rings. The summed E-state index contributed by atoms with van der Waals surface area (Å²) in [6.45, 7) is 0. The Kier molecular flexibility index (Phi) is 3.74. The van der Waals surface area contributed by atoms with Crippen LogP contribution >= 0.6 is 0 Å². The summed E-state index contributed by atoms with van der Waals surface area (Å²) in [7, 11) is 3.84. The molecule has 1 aromatic heterocycles. The highest BCUT2D eigenvalue weighted by Gasteiger charge is 2.14. The fourth-order valence-electron chi connectivity index (χ4n) is 1.60. The minimum atomic E-state index is -1.14. The third-order valence-electron chi connectivity index (χ3n) is 2.71. The molecular formula is C14H14N2O4. The first-order chi connectivity index (χ1) is 9.47. The van der Waals surface area contributed by atoms with Gasteiger partial charge < -0.3 is 19.7 Å². The molecule has 6 heteroatoms. The van der Waals surface area contributed by atoms with Gasteiger partial charge in [0.1, 0.15) is 6.26 Å². The summed E-state index contributed by atoms with van der Waals surface area (Å²) in [5, 5.41) is 11.4. The van der Waals surface area contributed by atoms with Crippen molar-refractivity contribution < 1.29 is 19.1 Å². The fourth-order valence-corrected chi connectivity index (χ4v) is 1.60. The number of aromatic carboxylic acids is 1. The molecule has 104 valence electrons. The molecule has 0 spiro atoms. The summed E-state index contributed by atoms with van der Waals surface area (Å²) in [6, 6.07) is 8.43. The molecule has 2 rings (SSSR count). The first kappa shape index (κ1) is 13.7. The third kappa shape index (κ3) is 2.97. The second kappa shape index (κ2) is 5.48. The van der Waals surface area contributed by atoms with Gasteiger partial charge in [0.15, 0.2) is 5.76 Å². The van der Waals surface area contributed by atoms with Crippen LogP contribution in [0, 0.1) is 0 Å². The Labute approximate surface area is 115 Å². The maximum atomic E-state index is 11.9. The van der Waals surface area contributed by atoms with Crippen molar-refractivity contribution >= 4 is 23.3 Å². The van der Waals surface area contributed by atoms with E-state index in [1.165, 1.54) is 6.07 Å². The number of anilines is 2. The first-order valence-electron chi connectivity index (χ1n) is 5.88. The van der Waals surface area contributed by atoms with Crippen molar-refractivity contribution in [1.29, 1.82) is 0 Å². The summed E-state index contributed by atoms with van der Waals surface area (Å²) in [6.07, 6.45) is 1.03. The Morgan fingerprint density at radius 2 is 1.85 bits per heavy atom. The fraction of sp³-hybridized carbons (Fsp3) is 0.143. The van der Waals surface area contributed by atoms with Gasteiger partial charge in [-0.2, -0.15) is 0 Å². The molecule has 1 heterocycles. The second-order valence-electron chi connectivity index (χ2n) is 4.40. The van der Waals surface area contributed by atoms with E-state index in [0.717, 1.165) is 12.0 Å². The van der Waals surface area contributed by atoms with Crippen molar-refractivity contribution in [3.8, 4) is 0 Å². The number of carbonyl (C=O) groups excluding carboxylic acids is 1. The largest absolute Gasteiger partial charge is 0.478 e. The first-order valence-corrected chi connectivity index (χ1v) is 5.88. The van der Waals surface area contributed by atoms with Gasteiger partial charge >= 0.3 is 5.97 Å². The smallest absolute Gasteiger partial charge is 0.338 e. The van der Waals surface area contributed by atoms with E-state index in [1.54, 1.807) is 12.1 Å². The van der Waals surface area contributed by atoms with Gasteiger partial charge in [0.05, 0.1) is 5.56 Å². The number of nitrogens with one attached hydrogen (secondary N) is 1. The highest BCUT2D eigenvalue weighted by molar-refractivity contribution is 6.03. The molecule has 1 amide bonds. The highest BCUT2D eigenvalue weighted by atomic mass is 16.4. The molecule has 0 aliphatic heterocycles. The van der Waals surface area contributed by atoms with Gasteiger partial charge in [-0.15, -0.1) is 0 Å². The summed E-state index contributed by atoms with van der Waals surface area (Å²) >= 11 is 0. The van der Waals surface area contributed by atoms with E-state index in [-0.39, 0.29) is 11.3 Å². The molecule has 2 N–H and O–H groups in total. The molecule has 0 radical (unpaired) electrons. The van der Waals surface area contributed by atoms with Crippen LogP contribution in [0.4, 0.5) is 11.4 Å². The van der Waals surface area contributed by atoms with E-state index in [1.807, 2.05) is 31.1 Å². The summed E-state index contributed by atoms with van der Waals surface area (Å²) < 4.78 is 4.92. The van der Waals surface area contributed by atoms with Gasteiger partial charge in [-0.25, -0.2) is 4.79 Å². The van der Waals surface area contributed by atoms with E-state index >= 15 is 0 Å². The number of hydrogen-bond acceptors (Lipinski definition) is 4. The van der Waals surface area contributed by atoms with Crippen molar-refractivity contribution in [1.82, 2.24) is 0 Å². The van der Waals surface area contributed by atoms with Gasteiger partial charge in [-0.1, -0.05) is 0 Å². The quantitative estimate of drug-likeness (QED) is 0.893. The normalized spacial score (nSPS) is 10.1. The highest BCUT2D eigenvalue weighted by Crippen LogP contribution is 2.17. The molecule has 2 aromatic rings. The number of amides is 1. The lowest BCUT2D eigenvalue weighted by Crippen LogP contribution is -2.12. The van der Waals surface area contributed by atoms with Gasteiger partial charge in [0, 0.05) is 31.5 Å². The second-order valence-corrected chi connectivity index (χ2v) is 4.40. The van der Waals surface area contributed by atoms with Gasteiger partial charge in [-0.05, 0) is 24.3 Å². The Morgan fingerprint density at radius 1 is 1.20 bits per heavy atom. The van der Waals surface area contributed by atoms with Crippen LogP contribution in [0.1, 0.15) is 20.9 Å². The number of benzene rings is 1. The van der Waals surface area contributed by atoms with Crippen molar-refractivity contribution in [2.75, 3.05) is 24.3 Å². The number of carbonyl (C=O) groups is 2. The molecule has 0 atom stereocenters. The average molecular weight is 274 g/mol. The lowest BCUT2D eigenvalue weighted by Gasteiger charge is -2.12. The number of hydrogen-bond donors (Lipinski definition) is 2. The molecule has 1 aromatic carbocycles. The van der Waals surface area contributed by atoms with Crippen LogP contribution in [0.5, 0.6) is 0 Å². The van der Waals surface area contributed by atoms with Crippen LogP contribution < -0.4 is 10.2 Å². The SMILES string of the molecule is CN(C)c1ccc(NC(=O)c2cc(C(=O)O)co2)cc1. The third-order valence-corrected chi connectivity index (χ3v) is 2.71. The van der Waals surface area contributed by atoms with E-state index in [4.69, 9.17) is 9.52 Å². The molecule has 0 saturated carbocycles. The molecule has 0 saturated heterocycles. The Morgan fingerprint density at radius 3 is 2.35 bits per heavy atom. The van der Waals surface area contributed by atoms with Crippen molar-refractivity contribution in [3.05, 3.63) is 47.9 Å². The number of nitrogens with zero attached hydrogens (tertiary/aromatic N) is 1. The molecule has 0 fully saturated rings. The van der Waals surface area contributed by atoms with Gasteiger partial charge in [0.2, 0.25) is 0 Å². The van der Waals surface area contributed by atoms with Gasteiger partial charge in [0.25, 0.3) is 5.91 Å². The Balaban J connectivity index is 2.08. The van der Waals surface area contributed by atoms with Crippen LogP contribution in [0.25, 0.3) is 0 Å². The summed E-state index contributed by atoms with van der Waals surface area (Å²) in [5.74, 6) is -1.67. The maximum absolute atomic E-state index is 11.9. The topological polar surface area (TPSA) is 82.8 Å². The zero-order valence-electron chi connectivity index (χ0n) is 11.1. The molecule has 0 unspecified atom stereocenters. The van der Waals surface area contributed by atoms with E-state index in [0.29, 0.717) is 5.69 Å². The molecule has 0 aliphatic carbocycles. The number of rotatable bonds is 4. The minimum absolute atomic E-state index is 0.0425. The lowest BCUT2D eigenvalue weighted by molar-refractivity contribution is 0.0696. The van der Waals surface area contributed by atoms with Crippen molar-refractivity contribution in [2.24, 2.45) is 0 Å². The number of carboxylic acid groups (broad SMARTS) is 1. The number of furan rings is 1. The maximum Gasteiger partial charge on any atom is 0.338 e. The predicted octanol–water partition coefficient (Wildman–Crippen LogP) is 2.30. The van der Waals surface area contributed by atoms with Crippen LogP contribution in [0.15, 0.2) is 41.0 Å². The van der Waals surface area contributed by atoms with Crippen LogP contribution in [0.2, 0.25) is 0 Å². The summed E-state index contributed by atoms with van der Waals surface area (Å²) in [4.78, 5) is 24.5. The van der Waals surface area contributed by atoms with Crippen LogP contribution in [-0.2, 0) is 0 Å². The molecular weight excluding hydrogens is 260 g/mol. The van der Waals surface area contributed by atoms with Crippen LogP contribution in [-0.4, -0.2) is 31.1 Å². The van der Waals surface area contributed by atoms with Gasteiger partial charge in [-0.3, -0.25) is 4.79 Å². The zero-order valence-corrected chi connectivity index (χ0v) is 11.1. The molecule has 6 nitrogen and oxygen atoms in total. The Bertz CT molecular complexity index is 629. The number of carboxylic acids is 1. The van der Waals surface area contributed by atoms with E-state index in [2.05, 4.69) is 5.32 Å². The predicted molar refractivity (Wildman–Crippen MR) is 74.4 cm³/mol. The van der Waals surface area contributed by atoms with Crippen molar-refractivity contribution in [2.45, 2.75) is 0 Å². The molecule has 20 heavy (non-hydrogen) atoms.